The topological polar surface area (TPSA) is 56.1 Å². The van der Waals surface area contributed by atoms with Crippen molar-refractivity contribution < 1.29 is 17.9 Å². The van der Waals surface area contributed by atoms with Crippen LogP contribution >= 0.6 is 0 Å². The van der Waals surface area contributed by atoms with E-state index in [0.717, 1.165) is 43.0 Å². The Labute approximate surface area is 196 Å². The Morgan fingerprint density at radius 1 is 1.00 bits per heavy atom. The maximum Gasteiger partial charge on any atom is 0.416 e. The third kappa shape index (κ3) is 4.53. The molecule has 6 nitrogen and oxygen atoms in total. The van der Waals surface area contributed by atoms with Gasteiger partial charge in [0, 0.05) is 30.6 Å². The Kier molecular flexibility index (Phi) is 6.06. The molecule has 180 valence electrons. The quantitative estimate of drug-likeness (QED) is 0.546. The van der Waals surface area contributed by atoms with Gasteiger partial charge >= 0.3 is 6.18 Å². The monoisotopic (exact) mass is 471 g/mol. The molecule has 1 aromatic carbocycles. The van der Waals surface area contributed by atoms with Crippen LogP contribution in [-0.4, -0.2) is 50.9 Å². The van der Waals surface area contributed by atoms with Crippen molar-refractivity contribution in [3.63, 3.8) is 0 Å². The van der Waals surface area contributed by atoms with Gasteiger partial charge in [-0.1, -0.05) is 6.07 Å². The lowest BCUT2D eigenvalue weighted by Gasteiger charge is -2.28. The highest BCUT2D eigenvalue weighted by atomic mass is 19.4. The molecule has 0 bridgehead atoms. The van der Waals surface area contributed by atoms with Gasteiger partial charge < -0.3 is 9.64 Å². The minimum absolute atomic E-state index is 0.0445. The van der Waals surface area contributed by atoms with Crippen molar-refractivity contribution >= 4 is 0 Å². The lowest BCUT2D eigenvalue weighted by atomic mass is 9.86. The van der Waals surface area contributed by atoms with Crippen molar-refractivity contribution in [2.24, 2.45) is 0 Å². The number of pyridine rings is 1. The number of hydrogen-bond acceptors (Lipinski definition) is 5. The molecule has 0 saturated heterocycles. The molecule has 0 amide bonds. The molecule has 1 unspecified atom stereocenters. The first-order chi connectivity index (χ1) is 16.3. The summed E-state index contributed by atoms with van der Waals surface area (Å²) >= 11 is 0. The van der Waals surface area contributed by atoms with Crippen LogP contribution in [0.15, 0.2) is 42.6 Å². The van der Waals surface area contributed by atoms with Gasteiger partial charge in [-0.25, -0.2) is 4.98 Å². The minimum Gasteiger partial charge on any atom is -0.474 e. The van der Waals surface area contributed by atoms with Crippen LogP contribution in [0.2, 0.25) is 0 Å². The Balaban J connectivity index is 1.43. The van der Waals surface area contributed by atoms with Crippen LogP contribution in [0.3, 0.4) is 0 Å². The summed E-state index contributed by atoms with van der Waals surface area (Å²) in [5.41, 5.74) is 0.828. The number of nitrogens with zero attached hydrogens (tertiary/aromatic N) is 5. The Hall–Kier alpha value is -2.94. The van der Waals surface area contributed by atoms with Crippen LogP contribution in [0.4, 0.5) is 13.2 Å². The normalized spacial score (nSPS) is 22.7. The van der Waals surface area contributed by atoms with Crippen molar-refractivity contribution in [1.29, 1.82) is 0 Å². The summed E-state index contributed by atoms with van der Waals surface area (Å²) in [6.07, 6.45) is 2.08. The average Bonchev–Trinajstić information content (AvgIpc) is 3.14. The Bertz CT molecular complexity index is 1140. The van der Waals surface area contributed by atoms with E-state index in [-0.39, 0.29) is 18.1 Å². The van der Waals surface area contributed by atoms with E-state index in [2.05, 4.69) is 15.2 Å². The van der Waals surface area contributed by atoms with Crippen molar-refractivity contribution in [2.75, 3.05) is 14.1 Å². The zero-order valence-corrected chi connectivity index (χ0v) is 19.3. The molecule has 3 heterocycles. The zero-order chi connectivity index (χ0) is 23.9. The Morgan fingerprint density at radius 2 is 1.79 bits per heavy atom. The van der Waals surface area contributed by atoms with Crippen molar-refractivity contribution in [1.82, 2.24) is 24.6 Å². The van der Waals surface area contributed by atoms with Crippen molar-refractivity contribution in [3.05, 3.63) is 65.4 Å². The van der Waals surface area contributed by atoms with E-state index in [4.69, 9.17) is 4.74 Å². The standard InChI is InChI=1S/C25H28F3N5O/c1-32(2)19-14-17-13-18(25(26,27)28)8-11-21(17)33-22(15-19)30-31-24(33)16-6-9-20(10-7-16)34-23-5-3-4-12-29-23/h3-5,8,11-13,16,19-20H,6-7,9-10,14-15H2,1-2H3/t16-,19?,20-. The first-order valence-electron chi connectivity index (χ1n) is 11.7. The average molecular weight is 472 g/mol. The molecule has 1 fully saturated rings. The summed E-state index contributed by atoms with van der Waals surface area (Å²) < 4.78 is 48.4. The molecule has 0 N–H and O–H groups in total. The van der Waals surface area contributed by atoms with E-state index < -0.39 is 11.7 Å². The van der Waals surface area contributed by atoms with Crippen LogP contribution in [-0.2, 0) is 19.0 Å². The van der Waals surface area contributed by atoms with Gasteiger partial charge in [0.15, 0.2) is 0 Å². The van der Waals surface area contributed by atoms with Crippen LogP contribution in [0.25, 0.3) is 5.69 Å². The van der Waals surface area contributed by atoms with Crippen LogP contribution in [0, 0.1) is 0 Å². The summed E-state index contributed by atoms with van der Waals surface area (Å²) in [7, 11) is 3.90. The number of aromatic nitrogens is 4. The van der Waals surface area contributed by atoms with E-state index >= 15 is 0 Å². The van der Waals surface area contributed by atoms with Crippen molar-refractivity contribution in [2.45, 2.75) is 62.8 Å². The van der Waals surface area contributed by atoms with Gasteiger partial charge in [-0.2, -0.15) is 13.2 Å². The third-order valence-electron chi connectivity index (χ3n) is 6.97. The summed E-state index contributed by atoms with van der Waals surface area (Å²) in [4.78, 5) is 6.30. The molecule has 9 heteroatoms. The third-order valence-corrected chi connectivity index (χ3v) is 6.97. The summed E-state index contributed by atoms with van der Waals surface area (Å²) in [6, 6.07) is 9.71. The molecule has 1 aliphatic carbocycles. The second-order valence-electron chi connectivity index (χ2n) is 9.44. The van der Waals surface area contributed by atoms with Crippen LogP contribution < -0.4 is 4.74 Å². The number of rotatable bonds is 4. The molecule has 5 rings (SSSR count). The minimum atomic E-state index is -4.38. The predicted octanol–water partition coefficient (Wildman–Crippen LogP) is 4.82. The molecule has 0 radical (unpaired) electrons. The molecule has 3 aromatic rings. The fourth-order valence-corrected chi connectivity index (χ4v) is 5.06. The lowest BCUT2D eigenvalue weighted by Crippen LogP contribution is -2.32. The zero-order valence-electron chi connectivity index (χ0n) is 19.3. The first kappa shape index (κ1) is 22.8. The van der Waals surface area contributed by atoms with E-state index in [1.54, 1.807) is 12.3 Å². The molecule has 2 aromatic heterocycles. The highest BCUT2D eigenvalue weighted by Crippen LogP contribution is 2.38. The largest absolute Gasteiger partial charge is 0.474 e. The van der Waals surface area contributed by atoms with E-state index in [9.17, 15) is 13.2 Å². The van der Waals surface area contributed by atoms with Gasteiger partial charge in [0.1, 0.15) is 17.8 Å². The number of likely N-dealkylation sites (N-methyl/N-ethyl adjacent to an activating group) is 1. The number of halogens is 3. The van der Waals surface area contributed by atoms with Crippen LogP contribution in [0.5, 0.6) is 5.88 Å². The molecule has 2 aliphatic rings. The summed E-state index contributed by atoms with van der Waals surface area (Å²) in [6.45, 7) is 0. The molecule has 34 heavy (non-hydrogen) atoms. The fourth-order valence-electron chi connectivity index (χ4n) is 5.06. The molecule has 1 aliphatic heterocycles. The molecular weight excluding hydrogens is 443 g/mol. The van der Waals surface area contributed by atoms with Gasteiger partial charge in [0.05, 0.1) is 11.3 Å². The summed E-state index contributed by atoms with van der Waals surface area (Å²) in [5.74, 6) is 2.45. The SMILES string of the molecule is CN(C)C1Cc2cc(C(F)(F)F)ccc2-n2c(nnc2[C@H]2CC[C@H](Oc3ccccn3)CC2)C1. The van der Waals surface area contributed by atoms with E-state index in [1.807, 2.05) is 41.8 Å². The molecular formula is C25H28F3N5O. The van der Waals surface area contributed by atoms with Gasteiger partial charge in [0.2, 0.25) is 5.88 Å². The Morgan fingerprint density at radius 3 is 2.47 bits per heavy atom. The van der Waals surface area contributed by atoms with E-state index in [0.29, 0.717) is 24.3 Å². The van der Waals surface area contributed by atoms with Gasteiger partial charge in [-0.3, -0.25) is 4.57 Å². The molecule has 0 spiro atoms. The number of hydrogen-bond donors (Lipinski definition) is 0. The summed E-state index contributed by atoms with van der Waals surface area (Å²) in [5, 5.41) is 9.06. The number of ether oxygens (including phenoxy) is 1. The second kappa shape index (κ2) is 9.02. The molecule has 1 saturated carbocycles. The van der Waals surface area contributed by atoms with Gasteiger partial charge in [-0.15, -0.1) is 10.2 Å². The lowest BCUT2D eigenvalue weighted by molar-refractivity contribution is -0.137. The second-order valence-corrected chi connectivity index (χ2v) is 9.44. The van der Waals surface area contributed by atoms with Gasteiger partial charge in [-0.05, 0) is 76.0 Å². The van der Waals surface area contributed by atoms with E-state index in [1.165, 1.54) is 12.1 Å². The van der Waals surface area contributed by atoms with Crippen molar-refractivity contribution in [3.8, 4) is 11.6 Å². The maximum atomic E-state index is 13.5. The fraction of sp³-hybridized carbons (Fsp3) is 0.480. The van der Waals surface area contributed by atoms with Crippen LogP contribution in [0.1, 0.15) is 54.4 Å². The highest BCUT2D eigenvalue weighted by Gasteiger charge is 2.35. The number of alkyl halides is 3. The molecule has 1 atom stereocenters. The number of benzene rings is 1. The predicted molar refractivity (Wildman–Crippen MR) is 121 cm³/mol. The smallest absolute Gasteiger partial charge is 0.416 e. The van der Waals surface area contributed by atoms with Gasteiger partial charge in [0.25, 0.3) is 0 Å². The number of fused-ring (bicyclic) bond motifs is 3. The highest BCUT2D eigenvalue weighted by molar-refractivity contribution is 5.48. The first-order valence-corrected chi connectivity index (χ1v) is 11.7. The maximum absolute atomic E-state index is 13.5.